The van der Waals surface area contributed by atoms with Gasteiger partial charge in [0.15, 0.2) is 0 Å². The number of piperidine rings is 1. The zero-order valence-corrected chi connectivity index (χ0v) is 9.12. The summed E-state index contributed by atoms with van der Waals surface area (Å²) in [5.74, 6) is 0. The number of hydrogen-bond acceptors (Lipinski definition) is 2. The van der Waals surface area contributed by atoms with Gasteiger partial charge >= 0.3 is 6.03 Å². The fourth-order valence-electron chi connectivity index (χ4n) is 1.84. The van der Waals surface area contributed by atoms with Gasteiger partial charge in [0.25, 0.3) is 0 Å². The second-order valence-electron chi connectivity index (χ2n) is 4.18. The lowest BCUT2D eigenvalue weighted by Crippen LogP contribution is -2.52. The summed E-state index contributed by atoms with van der Waals surface area (Å²) < 4.78 is 0. The minimum Gasteiger partial charge on any atom is -0.336 e. The first kappa shape index (κ1) is 11.3. The third-order valence-electron chi connectivity index (χ3n) is 2.57. The molecule has 1 saturated heterocycles. The number of hydrogen-bond donors (Lipinski definition) is 2. The number of urea groups is 1. The van der Waals surface area contributed by atoms with Gasteiger partial charge in [0.2, 0.25) is 0 Å². The van der Waals surface area contributed by atoms with E-state index < -0.39 is 0 Å². The van der Waals surface area contributed by atoms with Gasteiger partial charge in [-0.2, -0.15) is 0 Å². The van der Waals surface area contributed by atoms with E-state index in [2.05, 4.69) is 5.32 Å². The van der Waals surface area contributed by atoms with E-state index in [0.717, 1.165) is 19.4 Å². The average Bonchev–Trinajstić information content (AvgIpc) is 2.16. The third kappa shape index (κ3) is 2.87. The molecular formula is C10H21N3O. The summed E-state index contributed by atoms with van der Waals surface area (Å²) in [5, 5.41) is 2.91. The Kier molecular flexibility index (Phi) is 4.20. The highest BCUT2D eigenvalue weighted by atomic mass is 16.2. The molecule has 0 aromatic heterocycles. The molecule has 0 spiro atoms. The summed E-state index contributed by atoms with van der Waals surface area (Å²) >= 11 is 0. The number of nitrogens with two attached hydrogens (primary N) is 1. The zero-order chi connectivity index (χ0) is 10.6. The SMILES string of the molecule is CC(C)NC(=O)N1CCCCC1CN. The maximum atomic E-state index is 11.7. The quantitative estimate of drug-likeness (QED) is 0.694. The fraction of sp³-hybridized carbons (Fsp3) is 0.900. The summed E-state index contributed by atoms with van der Waals surface area (Å²) in [6.45, 7) is 5.37. The van der Waals surface area contributed by atoms with Crippen LogP contribution >= 0.6 is 0 Å². The minimum absolute atomic E-state index is 0.0372. The van der Waals surface area contributed by atoms with Crippen molar-refractivity contribution in [1.82, 2.24) is 10.2 Å². The van der Waals surface area contributed by atoms with E-state index in [1.165, 1.54) is 6.42 Å². The van der Waals surface area contributed by atoms with Gasteiger partial charge in [-0.25, -0.2) is 4.79 Å². The molecule has 1 rings (SSSR count). The summed E-state index contributed by atoms with van der Waals surface area (Å²) in [6.07, 6.45) is 3.33. The van der Waals surface area contributed by atoms with E-state index in [9.17, 15) is 4.79 Å². The van der Waals surface area contributed by atoms with Crippen molar-refractivity contribution in [3.8, 4) is 0 Å². The van der Waals surface area contributed by atoms with Crippen LogP contribution in [0.2, 0.25) is 0 Å². The molecule has 1 heterocycles. The molecule has 1 aliphatic heterocycles. The van der Waals surface area contributed by atoms with Gasteiger partial charge in [0.1, 0.15) is 0 Å². The van der Waals surface area contributed by atoms with Crippen LogP contribution in [0.15, 0.2) is 0 Å². The molecule has 1 aliphatic rings. The molecule has 3 N–H and O–H groups in total. The van der Waals surface area contributed by atoms with Crippen LogP contribution in [0.5, 0.6) is 0 Å². The number of amides is 2. The first-order chi connectivity index (χ1) is 6.65. The summed E-state index contributed by atoms with van der Waals surface area (Å²) in [7, 11) is 0. The molecule has 0 aromatic rings. The number of likely N-dealkylation sites (tertiary alicyclic amines) is 1. The third-order valence-corrected chi connectivity index (χ3v) is 2.57. The maximum Gasteiger partial charge on any atom is 0.317 e. The van der Waals surface area contributed by atoms with Gasteiger partial charge in [0, 0.05) is 25.2 Å². The Balaban J connectivity index is 2.50. The van der Waals surface area contributed by atoms with E-state index in [0.29, 0.717) is 6.54 Å². The summed E-state index contributed by atoms with van der Waals surface area (Å²) in [6, 6.07) is 0.473. The zero-order valence-electron chi connectivity index (χ0n) is 9.12. The first-order valence-electron chi connectivity index (χ1n) is 5.42. The molecule has 1 fully saturated rings. The van der Waals surface area contributed by atoms with E-state index in [1.54, 1.807) is 0 Å². The Bertz CT molecular complexity index is 194. The van der Waals surface area contributed by atoms with Gasteiger partial charge in [-0.1, -0.05) is 0 Å². The average molecular weight is 199 g/mol. The highest BCUT2D eigenvalue weighted by Gasteiger charge is 2.25. The standard InChI is InChI=1S/C10H21N3O/c1-8(2)12-10(14)13-6-4-3-5-9(13)7-11/h8-9H,3-7,11H2,1-2H3,(H,12,14). The van der Waals surface area contributed by atoms with Crippen molar-refractivity contribution >= 4 is 6.03 Å². The van der Waals surface area contributed by atoms with Gasteiger partial charge in [-0.15, -0.1) is 0 Å². The van der Waals surface area contributed by atoms with Gasteiger partial charge in [-0.3, -0.25) is 0 Å². The largest absolute Gasteiger partial charge is 0.336 e. The Morgan fingerprint density at radius 3 is 2.86 bits per heavy atom. The van der Waals surface area contributed by atoms with Crippen molar-refractivity contribution in [2.24, 2.45) is 5.73 Å². The Morgan fingerprint density at radius 2 is 2.29 bits per heavy atom. The topological polar surface area (TPSA) is 58.4 Å². The normalized spacial score (nSPS) is 22.6. The number of nitrogens with one attached hydrogen (secondary N) is 1. The first-order valence-corrected chi connectivity index (χ1v) is 5.42. The molecule has 0 aliphatic carbocycles. The van der Waals surface area contributed by atoms with Crippen molar-refractivity contribution in [3.63, 3.8) is 0 Å². The lowest BCUT2D eigenvalue weighted by molar-refractivity contribution is 0.152. The molecule has 0 bridgehead atoms. The Hall–Kier alpha value is -0.770. The van der Waals surface area contributed by atoms with Crippen LogP contribution in [0, 0.1) is 0 Å². The van der Waals surface area contributed by atoms with E-state index in [4.69, 9.17) is 5.73 Å². The second kappa shape index (κ2) is 5.20. The predicted molar refractivity (Wildman–Crippen MR) is 57.1 cm³/mol. The van der Waals surface area contributed by atoms with Crippen LogP contribution in [0.1, 0.15) is 33.1 Å². The molecule has 82 valence electrons. The predicted octanol–water partition coefficient (Wildman–Crippen LogP) is 0.918. The highest BCUT2D eigenvalue weighted by molar-refractivity contribution is 5.74. The molecule has 0 saturated carbocycles. The molecule has 1 unspecified atom stereocenters. The monoisotopic (exact) mass is 199 g/mol. The number of rotatable bonds is 2. The van der Waals surface area contributed by atoms with Crippen LogP contribution < -0.4 is 11.1 Å². The molecule has 2 amide bonds. The molecule has 0 radical (unpaired) electrons. The van der Waals surface area contributed by atoms with Crippen LogP contribution in [0.3, 0.4) is 0 Å². The molecule has 4 nitrogen and oxygen atoms in total. The minimum atomic E-state index is 0.0372. The van der Waals surface area contributed by atoms with E-state index in [1.807, 2.05) is 18.7 Å². The van der Waals surface area contributed by atoms with Crippen molar-refractivity contribution in [2.75, 3.05) is 13.1 Å². The lowest BCUT2D eigenvalue weighted by Gasteiger charge is -2.35. The van der Waals surface area contributed by atoms with Crippen molar-refractivity contribution in [3.05, 3.63) is 0 Å². The Labute approximate surface area is 85.8 Å². The van der Waals surface area contributed by atoms with Crippen LogP contribution in [-0.2, 0) is 0 Å². The highest BCUT2D eigenvalue weighted by Crippen LogP contribution is 2.15. The molecule has 14 heavy (non-hydrogen) atoms. The molecule has 0 aromatic carbocycles. The van der Waals surface area contributed by atoms with E-state index in [-0.39, 0.29) is 18.1 Å². The van der Waals surface area contributed by atoms with Crippen molar-refractivity contribution in [1.29, 1.82) is 0 Å². The van der Waals surface area contributed by atoms with E-state index >= 15 is 0 Å². The van der Waals surface area contributed by atoms with Crippen molar-refractivity contribution < 1.29 is 4.79 Å². The smallest absolute Gasteiger partial charge is 0.317 e. The number of carbonyl (C=O) groups excluding carboxylic acids is 1. The second-order valence-corrected chi connectivity index (χ2v) is 4.18. The molecule has 4 heteroatoms. The molecular weight excluding hydrogens is 178 g/mol. The number of nitrogens with zero attached hydrogens (tertiary/aromatic N) is 1. The Morgan fingerprint density at radius 1 is 1.57 bits per heavy atom. The summed E-state index contributed by atoms with van der Waals surface area (Å²) in [4.78, 5) is 13.6. The van der Waals surface area contributed by atoms with Crippen LogP contribution in [0.25, 0.3) is 0 Å². The van der Waals surface area contributed by atoms with Gasteiger partial charge in [0.05, 0.1) is 0 Å². The van der Waals surface area contributed by atoms with Gasteiger partial charge in [-0.05, 0) is 33.1 Å². The molecule has 1 atom stereocenters. The maximum absolute atomic E-state index is 11.7. The van der Waals surface area contributed by atoms with Crippen LogP contribution in [0.4, 0.5) is 4.79 Å². The number of carbonyl (C=O) groups is 1. The summed E-state index contributed by atoms with van der Waals surface area (Å²) in [5.41, 5.74) is 5.64. The van der Waals surface area contributed by atoms with Gasteiger partial charge < -0.3 is 16.0 Å². The van der Waals surface area contributed by atoms with Crippen LogP contribution in [-0.4, -0.2) is 36.1 Å². The van der Waals surface area contributed by atoms with Crippen molar-refractivity contribution in [2.45, 2.75) is 45.2 Å². The fourth-order valence-corrected chi connectivity index (χ4v) is 1.84. The lowest BCUT2D eigenvalue weighted by atomic mass is 10.0.